The molecule has 20 heavy (non-hydrogen) atoms. The van der Waals surface area contributed by atoms with Gasteiger partial charge in [0.05, 0.1) is 6.04 Å². The van der Waals surface area contributed by atoms with Gasteiger partial charge in [-0.25, -0.2) is 0 Å². The summed E-state index contributed by atoms with van der Waals surface area (Å²) in [5, 5.41) is 3.45. The van der Waals surface area contributed by atoms with Crippen LogP contribution in [0.1, 0.15) is 45.6 Å². The molecule has 110 valence electrons. The second-order valence-electron chi connectivity index (χ2n) is 6.10. The lowest BCUT2D eigenvalue weighted by Crippen LogP contribution is -2.52. The highest BCUT2D eigenvalue weighted by Crippen LogP contribution is 2.17. The van der Waals surface area contributed by atoms with Gasteiger partial charge in [-0.1, -0.05) is 30.3 Å². The standard InChI is InChI=1S/C17H26N2O/c1-13(2)19(12-15-9-5-4-6-10-15)17(20)16-11-7-8-14(3)18-16/h4-6,9-10,13-14,16,18H,7-8,11-12H2,1-3H3. The van der Waals surface area contributed by atoms with Crippen molar-refractivity contribution in [3.05, 3.63) is 35.9 Å². The van der Waals surface area contributed by atoms with E-state index in [1.807, 2.05) is 23.1 Å². The molecule has 2 atom stereocenters. The quantitative estimate of drug-likeness (QED) is 0.915. The van der Waals surface area contributed by atoms with Crippen molar-refractivity contribution in [1.29, 1.82) is 0 Å². The summed E-state index contributed by atoms with van der Waals surface area (Å²) in [6.07, 6.45) is 3.27. The summed E-state index contributed by atoms with van der Waals surface area (Å²) in [6, 6.07) is 10.9. The second-order valence-corrected chi connectivity index (χ2v) is 6.10. The predicted molar refractivity (Wildman–Crippen MR) is 82.4 cm³/mol. The molecule has 0 saturated carbocycles. The number of carbonyl (C=O) groups is 1. The van der Waals surface area contributed by atoms with Crippen molar-refractivity contribution < 1.29 is 4.79 Å². The average Bonchev–Trinajstić information content (AvgIpc) is 2.45. The number of hydrogen-bond donors (Lipinski definition) is 1. The molecule has 1 fully saturated rings. The van der Waals surface area contributed by atoms with E-state index in [-0.39, 0.29) is 18.0 Å². The molecule has 1 aromatic rings. The van der Waals surface area contributed by atoms with Crippen molar-refractivity contribution in [2.24, 2.45) is 0 Å². The molecule has 0 radical (unpaired) electrons. The van der Waals surface area contributed by atoms with Gasteiger partial charge in [-0.05, 0) is 45.6 Å². The highest BCUT2D eigenvalue weighted by atomic mass is 16.2. The lowest BCUT2D eigenvalue weighted by atomic mass is 9.98. The van der Waals surface area contributed by atoms with Gasteiger partial charge in [0.25, 0.3) is 0 Å². The van der Waals surface area contributed by atoms with E-state index < -0.39 is 0 Å². The Balaban J connectivity index is 2.06. The SMILES string of the molecule is CC1CCCC(C(=O)N(Cc2ccccc2)C(C)C)N1. The number of hydrogen-bond acceptors (Lipinski definition) is 2. The summed E-state index contributed by atoms with van der Waals surface area (Å²) in [7, 11) is 0. The van der Waals surface area contributed by atoms with E-state index in [0.29, 0.717) is 12.6 Å². The number of piperidine rings is 1. The van der Waals surface area contributed by atoms with Crippen LogP contribution < -0.4 is 5.32 Å². The minimum atomic E-state index is -0.00939. The molecule has 1 amide bonds. The molecule has 1 aliphatic heterocycles. The molecule has 0 aromatic heterocycles. The van der Waals surface area contributed by atoms with Gasteiger partial charge in [0.2, 0.25) is 5.91 Å². The fourth-order valence-electron chi connectivity index (χ4n) is 2.83. The minimum Gasteiger partial charge on any atom is -0.335 e. The zero-order valence-electron chi connectivity index (χ0n) is 12.8. The Morgan fingerprint density at radius 2 is 2.00 bits per heavy atom. The van der Waals surface area contributed by atoms with E-state index in [2.05, 4.69) is 38.2 Å². The van der Waals surface area contributed by atoms with Gasteiger partial charge in [-0.2, -0.15) is 0 Å². The summed E-state index contributed by atoms with van der Waals surface area (Å²) in [5.41, 5.74) is 1.19. The minimum absolute atomic E-state index is 0.00939. The van der Waals surface area contributed by atoms with Crippen LogP contribution in [-0.4, -0.2) is 28.9 Å². The van der Waals surface area contributed by atoms with Crippen molar-refractivity contribution in [3.63, 3.8) is 0 Å². The lowest BCUT2D eigenvalue weighted by Gasteiger charge is -2.35. The maximum Gasteiger partial charge on any atom is 0.240 e. The normalized spacial score (nSPS) is 22.8. The third-order valence-electron chi connectivity index (χ3n) is 4.02. The molecule has 0 bridgehead atoms. The van der Waals surface area contributed by atoms with E-state index in [0.717, 1.165) is 12.8 Å². The number of benzene rings is 1. The average molecular weight is 274 g/mol. The van der Waals surface area contributed by atoms with Crippen LogP contribution in [0.4, 0.5) is 0 Å². The first-order chi connectivity index (χ1) is 9.58. The zero-order valence-corrected chi connectivity index (χ0v) is 12.8. The maximum atomic E-state index is 12.8. The van der Waals surface area contributed by atoms with E-state index in [1.54, 1.807) is 0 Å². The molecule has 0 aliphatic carbocycles. The van der Waals surface area contributed by atoms with Gasteiger partial charge in [0.1, 0.15) is 0 Å². The van der Waals surface area contributed by atoms with Crippen LogP contribution in [0.3, 0.4) is 0 Å². The Labute approximate surface area is 122 Å². The third kappa shape index (κ3) is 3.83. The van der Waals surface area contributed by atoms with Gasteiger partial charge in [-0.15, -0.1) is 0 Å². The number of carbonyl (C=O) groups excluding carboxylic acids is 1. The van der Waals surface area contributed by atoms with Crippen molar-refractivity contribution in [3.8, 4) is 0 Å². The van der Waals surface area contributed by atoms with Crippen molar-refractivity contribution in [1.82, 2.24) is 10.2 Å². The fourth-order valence-corrected chi connectivity index (χ4v) is 2.83. The molecule has 1 heterocycles. The number of amides is 1. The summed E-state index contributed by atoms with van der Waals surface area (Å²) >= 11 is 0. The smallest absolute Gasteiger partial charge is 0.240 e. The highest BCUT2D eigenvalue weighted by Gasteiger charge is 2.29. The molecule has 2 unspecified atom stereocenters. The lowest BCUT2D eigenvalue weighted by molar-refractivity contribution is -0.136. The van der Waals surface area contributed by atoms with Gasteiger partial charge in [-0.3, -0.25) is 4.79 Å². The molecule has 3 heteroatoms. The summed E-state index contributed by atoms with van der Waals surface area (Å²) < 4.78 is 0. The molecular formula is C17H26N2O. The zero-order chi connectivity index (χ0) is 14.5. The molecule has 1 aromatic carbocycles. The Morgan fingerprint density at radius 3 is 2.60 bits per heavy atom. The van der Waals surface area contributed by atoms with Gasteiger partial charge in [0, 0.05) is 18.6 Å². The second kappa shape index (κ2) is 6.89. The first-order valence-corrected chi connectivity index (χ1v) is 7.68. The predicted octanol–water partition coefficient (Wildman–Crippen LogP) is 2.95. The van der Waals surface area contributed by atoms with Crippen LogP contribution in [0.25, 0.3) is 0 Å². The van der Waals surface area contributed by atoms with E-state index in [4.69, 9.17) is 0 Å². The monoisotopic (exact) mass is 274 g/mol. The van der Waals surface area contributed by atoms with E-state index >= 15 is 0 Å². The molecular weight excluding hydrogens is 248 g/mol. The van der Waals surface area contributed by atoms with E-state index in [9.17, 15) is 4.79 Å². The van der Waals surface area contributed by atoms with Gasteiger partial charge >= 0.3 is 0 Å². The van der Waals surface area contributed by atoms with Gasteiger partial charge < -0.3 is 10.2 Å². The Morgan fingerprint density at radius 1 is 1.30 bits per heavy atom. The van der Waals surface area contributed by atoms with Crippen LogP contribution in [0.15, 0.2) is 30.3 Å². The highest BCUT2D eigenvalue weighted by molar-refractivity contribution is 5.82. The number of nitrogens with zero attached hydrogens (tertiary/aromatic N) is 1. The third-order valence-corrected chi connectivity index (χ3v) is 4.02. The van der Waals surface area contributed by atoms with Crippen LogP contribution in [0.5, 0.6) is 0 Å². The Kier molecular flexibility index (Phi) is 5.18. The first kappa shape index (κ1) is 15.0. The maximum absolute atomic E-state index is 12.8. The number of rotatable bonds is 4. The molecule has 0 spiro atoms. The summed E-state index contributed by atoms with van der Waals surface area (Å²) in [5.74, 6) is 0.246. The largest absolute Gasteiger partial charge is 0.335 e. The Bertz CT molecular complexity index is 430. The van der Waals surface area contributed by atoms with Crippen LogP contribution >= 0.6 is 0 Å². The topological polar surface area (TPSA) is 32.3 Å². The first-order valence-electron chi connectivity index (χ1n) is 7.68. The molecule has 1 saturated heterocycles. The van der Waals surface area contributed by atoms with Crippen LogP contribution in [-0.2, 0) is 11.3 Å². The van der Waals surface area contributed by atoms with Crippen molar-refractivity contribution >= 4 is 5.91 Å². The van der Waals surface area contributed by atoms with Gasteiger partial charge in [0.15, 0.2) is 0 Å². The summed E-state index contributed by atoms with van der Waals surface area (Å²) in [4.78, 5) is 14.7. The molecule has 3 nitrogen and oxygen atoms in total. The fraction of sp³-hybridized carbons (Fsp3) is 0.588. The molecule has 1 N–H and O–H groups in total. The Hall–Kier alpha value is -1.35. The van der Waals surface area contributed by atoms with Crippen molar-refractivity contribution in [2.45, 2.75) is 64.7 Å². The number of nitrogens with one attached hydrogen (secondary N) is 1. The van der Waals surface area contributed by atoms with Crippen molar-refractivity contribution in [2.75, 3.05) is 0 Å². The van der Waals surface area contributed by atoms with E-state index in [1.165, 1.54) is 12.0 Å². The summed E-state index contributed by atoms with van der Waals surface area (Å²) in [6.45, 7) is 7.04. The molecule has 1 aliphatic rings. The molecule has 2 rings (SSSR count). The van der Waals surface area contributed by atoms with Crippen LogP contribution in [0.2, 0.25) is 0 Å². The van der Waals surface area contributed by atoms with Crippen LogP contribution in [0, 0.1) is 0 Å².